The fourth-order valence-electron chi connectivity index (χ4n) is 2.65. The molecule has 1 aliphatic rings. The van der Waals surface area contributed by atoms with Gasteiger partial charge in [-0.05, 0) is 12.3 Å². The third-order valence-corrected chi connectivity index (χ3v) is 4.10. The molecule has 1 saturated heterocycles. The van der Waals surface area contributed by atoms with Crippen LogP contribution in [0.1, 0.15) is 40.0 Å². The van der Waals surface area contributed by atoms with Crippen LogP contribution in [0.3, 0.4) is 0 Å². The van der Waals surface area contributed by atoms with Crippen molar-refractivity contribution in [2.24, 2.45) is 5.92 Å². The number of methoxy groups -OCH3 is 1. The maximum Gasteiger partial charge on any atom is 0.0589 e. The normalized spacial score (nSPS) is 28.2. The molecule has 0 bridgehead atoms. The number of ether oxygens (including phenoxy) is 1. The van der Waals surface area contributed by atoms with Crippen LogP contribution < -0.4 is 5.32 Å². The molecule has 0 radical (unpaired) electrons. The molecule has 3 nitrogen and oxygen atoms in total. The van der Waals surface area contributed by atoms with Gasteiger partial charge in [0.2, 0.25) is 0 Å². The Hall–Kier alpha value is -0.120. The summed E-state index contributed by atoms with van der Waals surface area (Å²) in [5, 5.41) is 3.73. The first kappa shape index (κ1) is 14.9. The Labute approximate surface area is 107 Å². The van der Waals surface area contributed by atoms with Crippen molar-refractivity contribution < 1.29 is 4.74 Å². The minimum absolute atomic E-state index is 0.657. The second-order valence-electron chi connectivity index (χ2n) is 5.33. The predicted molar refractivity (Wildman–Crippen MR) is 73.4 cm³/mol. The van der Waals surface area contributed by atoms with Crippen molar-refractivity contribution in [2.45, 2.75) is 52.1 Å². The van der Waals surface area contributed by atoms with Gasteiger partial charge in [0.05, 0.1) is 6.61 Å². The van der Waals surface area contributed by atoms with Gasteiger partial charge in [-0.2, -0.15) is 0 Å². The van der Waals surface area contributed by atoms with Crippen molar-refractivity contribution in [1.82, 2.24) is 10.2 Å². The van der Waals surface area contributed by atoms with Crippen molar-refractivity contribution in [1.29, 1.82) is 0 Å². The van der Waals surface area contributed by atoms with Crippen LogP contribution in [-0.4, -0.2) is 50.3 Å². The van der Waals surface area contributed by atoms with E-state index in [1.165, 1.54) is 25.8 Å². The molecule has 0 aromatic carbocycles. The number of nitrogens with one attached hydrogen (secondary N) is 1. The molecule has 3 heteroatoms. The van der Waals surface area contributed by atoms with E-state index < -0.39 is 0 Å². The van der Waals surface area contributed by atoms with E-state index in [-0.39, 0.29) is 0 Å². The molecule has 3 unspecified atom stereocenters. The molecule has 0 spiro atoms. The van der Waals surface area contributed by atoms with Crippen LogP contribution in [0.25, 0.3) is 0 Å². The molecule has 17 heavy (non-hydrogen) atoms. The van der Waals surface area contributed by atoms with Gasteiger partial charge in [-0.3, -0.25) is 4.90 Å². The maximum absolute atomic E-state index is 5.23. The molecule has 0 aromatic rings. The number of hydrogen-bond acceptors (Lipinski definition) is 3. The zero-order valence-electron chi connectivity index (χ0n) is 12.0. The first-order chi connectivity index (χ1) is 8.22. The standard InChI is InChI=1S/C14H30N2O/c1-5-7-13-10-15-14(12(3)6-2)11-16(13)8-9-17-4/h12-15H,5-11H2,1-4H3. The lowest BCUT2D eigenvalue weighted by Gasteiger charge is -2.42. The summed E-state index contributed by atoms with van der Waals surface area (Å²) >= 11 is 0. The van der Waals surface area contributed by atoms with E-state index in [0.717, 1.165) is 25.6 Å². The van der Waals surface area contributed by atoms with Crippen LogP contribution in [0.5, 0.6) is 0 Å². The van der Waals surface area contributed by atoms with Crippen molar-refractivity contribution in [3.05, 3.63) is 0 Å². The third kappa shape index (κ3) is 4.57. The minimum atomic E-state index is 0.657. The van der Waals surface area contributed by atoms with Crippen LogP contribution in [0.15, 0.2) is 0 Å². The molecule has 1 fully saturated rings. The number of rotatable bonds is 7. The van der Waals surface area contributed by atoms with Crippen LogP contribution in [0, 0.1) is 5.92 Å². The van der Waals surface area contributed by atoms with Crippen molar-refractivity contribution in [3.63, 3.8) is 0 Å². The van der Waals surface area contributed by atoms with E-state index in [0.29, 0.717) is 12.1 Å². The molecule has 1 aliphatic heterocycles. The Morgan fingerprint density at radius 2 is 2.18 bits per heavy atom. The summed E-state index contributed by atoms with van der Waals surface area (Å²) in [7, 11) is 1.79. The molecule has 0 amide bonds. The topological polar surface area (TPSA) is 24.5 Å². The molecular weight excluding hydrogens is 212 g/mol. The monoisotopic (exact) mass is 242 g/mol. The Kier molecular flexibility index (Phi) is 7.09. The van der Waals surface area contributed by atoms with Gasteiger partial charge in [0.1, 0.15) is 0 Å². The number of piperazine rings is 1. The molecule has 3 atom stereocenters. The van der Waals surface area contributed by atoms with Gasteiger partial charge in [0.25, 0.3) is 0 Å². The van der Waals surface area contributed by atoms with E-state index in [1.54, 1.807) is 7.11 Å². The van der Waals surface area contributed by atoms with Crippen molar-refractivity contribution in [3.8, 4) is 0 Å². The lowest BCUT2D eigenvalue weighted by atomic mass is 9.94. The quantitative estimate of drug-likeness (QED) is 0.740. The van der Waals surface area contributed by atoms with Gasteiger partial charge < -0.3 is 10.1 Å². The first-order valence-corrected chi connectivity index (χ1v) is 7.19. The number of hydrogen-bond donors (Lipinski definition) is 1. The summed E-state index contributed by atoms with van der Waals surface area (Å²) < 4.78 is 5.23. The van der Waals surface area contributed by atoms with Crippen LogP contribution in [0.2, 0.25) is 0 Å². The van der Waals surface area contributed by atoms with E-state index in [2.05, 4.69) is 31.0 Å². The number of nitrogens with zero attached hydrogens (tertiary/aromatic N) is 1. The zero-order chi connectivity index (χ0) is 12.7. The summed E-state index contributed by atoms with van der Waals surface area (Å²) in [6.07, 6.45) is 3.82. The van der Waals surface area contributed by atoms with E-state index in [9.17, 15) is 0 Å². The average Bonchev–Trinajstić information content (AvgIpc) is 2.37. The second-order valence-corrected chi connectivity index (χ2v) is 5.33. The van der Waals surface area contributed by atoms with E-state index in [1.807, 2.05) is 0 Å². The molecule has 1 N–H and O–H groups in total. The molecule has 1 rings (SSSR count). The highest BCUT2D eigenvalue weighted by Crippen LogP contribution is 2.17. The van der Waals surface area contributed by atoms with Crippen molar-refractivity contribution >= 4 is 0 Å². The van der Waals surface area contributed by atoms with Gasteiger partial charge in [-0.25, -0.2) is 0 Å². The van der Waals surface area contributed by atoms with E-state index >= 15 is 0 Å². The SMILES string of the molecule is CCCC1CNC(C(C)CC)CN1CCOC. The lowest BCUT2D eigenvalue weighted by molar-refractivity contribution is 0.0705. The molecule has 0 aromatic heterocycles. The summed E-state index contributed by atoms with van der Waals surface area (Å²) in [5.74, 6) is 0.766. The summed E-state index contributed by atoms with van der Waals surface area (Å²) in [4.78, 5) is 2.63. The Morgan fingerprint density at radius 1 is 1.41 bits per heavy atom. The third-order valence-electron chi connectivity index (χ3n) is 4.10. The molecular formula is C14H30N2O. The predicted octanol–water partition coefficient (Wildman–Crippen LogP) is 2.12. The molecule has 102 valence electrons. The minimum Gasteiger partial charge on any atom is -0.383 e. The molecule has 0 saturated carbocycles. The highest BCUT2D eigenvalue weighted by molar-refractivity contribution is 4.88. The summed E-state index contributed by atoms with van der Waals surface area (Å²) in [5.41, 5.74) is 0. The molecule has 1 heterocycles. The van der Waals surface area contributed by atoms with Gasteiger partial charge in [0, 0.05) is 38.8 Å². The van der Waals surface area contributed by atoms with Gasteiger partial charge in [-0.1, -0.05) is 33.6 Å². The summed E-state index contributed by atoms with van der Waals surface area (Å²) in [6.45, 7) is 11.2. The fourth-order valence-corrected chi connectivity index (χ4v) is 2.65. The average molecular weight is 242 g/mol. The van der Waals surface area contributed by atoms with Gasteiger partial charge >= 0.3 is 0 Å². The molecule has 0 aliphatic carbocycles. The highest BCUT2D eigenvalue weighted by Gasteiger charge is 2.29. The Balaban J connectivity index is 2.49. The Bertz CT molecular complexity index is 199. The second kappa shape index (κ2) is 8.06. The maximum atomic E-state index is 5.23. The smallest absolute Gasteiger partial charge is 0.0589 e. The van der Waals surface area contributed by atoms with Gasteiger partial charge in [-0.15, -0.1) is 0 Å². The lowest BCUT2D eigenvalue weighted by Crippen LogP contribution is -2.58. The zero-order valence-corrected chi connectivity index (χ0v) is 12.0. The van der Waals surface area contributed by atoms with Gasteiger partial charge in [0.15, 0.2) is 0 Å². The van der Waals surface area contributed by atoms with Crippen LogP contribution in [-0.2, 0) is 4.74 Å². The van der Waals surface area contributed by atoms with Crippen molar-refractivity contribution in [2.75, 3.05) is 33.4 Å². The summed E-state index contributed by atoms with van der Waals surface area (Å²) in [6, 6.07) is 1.36. The van der Waals surface area contributed by atoms with E-state index in [4.69, 9.17) is 4.74 Å². The first-order valence-electron chi connectivity index (χ1n) is 7.19. The van der Waals surface area contributed by atoms with Crippen LogP contribution in [0.4, 0.5) is 0 Å². The fraction of sp³-hybridized carbons (Fsp3) is 1.00. The Morgan fingerprint density at radius 3 is 2.76 bits per heavy atom. The largest absolute Gasteiger partial charge is 0.383 e. The van der Waals surface area contributed by atoms with Crippen LogP contribution >= 0.6 is 0 Å². The highest BCUT2D eigenvalue weighted by atomic mass is 16.5.